The van der Waals surface area contributed by atoms with Gasteiger partial charge in [0.25, 0.3) is 0 Å². The van der Waals surface area contributed by atoms with E-state index in [1.165, 1.54) is 134 Å². The highest BCUT2D eigenvalue weighted by Gasteiger charge is 2.05. The van der Waals surface area contributed by atoms with E-state index in [4.69, 9.17) is 0 Å². The van der Waals surface area contributed by atoms with Crippen LogP contribution in [0, 0.1) is 0 Å². The van der Waals surface area contributed by atoms with Crippen molar-refractivity contribution in [1.29, 1.82) is 0 Å². The van der Waals surface area contributed by atoms with Crippen LogP contribution >= 0.6 is 0 Å². The number of hydrogen-bond acceptors (Lipinski definition) is 1. The van der Waals surface area contributed by atoms with Gasteiger partial charge in [0.15, 0.2) is 0 Å². The van der Waals surface area contributed by atoms with Crippen molar-refractivity contribution in [1.82, 2.24) is 4.90 Å². The predicted molar refractivity (Wildman–Crippen MR) is 132 cm³/mol. The average molecular weight is 402 g/mol. The molecular formula is C28H51N. The van der Waals surface area contributed by atoms with Crippen LogP contribution in [0.15, 0.2) is 30.3 Å². The Kier molecular flexibility index (Phi) is 18.5. The summed E-state index contributed by atoms with van der Waals surface area (Å²) in [5.74, 6) is 0. The van der Waals surface area contributed by atoms with Gasteiger partial charge in [0.1, 0.15) is 0 Å². The number of rotatable bonds is 21. The van der Waals surface area contributed by atoms with Crippen molar-refractivity contribution in [3.05, 3.63) is 35.9 Å². The van der Waals surface area contributed by atoms with Crippen LogP contribution in [0.2, 0.25) is 0 Å². The number of benzene rings is 1. The Balaban J connectivity index is 2.17. The van der Waals surface area contributed by atoms with Gasteiger partial charge in [-0.05, 0) is 37.9 Å². The molecule has 0 radical (unpaired) electrons. The maximum Gasteiger partial charge on any atom is 0.00218 e. The topological polar surface area (TPSA) is 3.24 Å². The van der Waals surface area contributed by atoms with Crippen LogP contribution in [-0.4, -0.2) is 24.5 Å². The lowest BCUT2D eigenvalue weighted by molar-refractivity contribution is 0.263. The van der Waals surface area contributed by atoms with Crippen LogP contribution in [0.1, 0.15) is 122 Å². The van der Waals surface area contributed by atoms with E-state index in [-0.39, 0.29) is 0 Å². The molecule has 0 aliphatic rings. The highest BCUT2D eigenvalue weighted by atomic mass is 15.1. The maximum absolute atomic E-state index is 2.75. The van der Waals surface area contributed by atoms with Crippen LogP contribution in [0.3, 0.4) is 0 Å². The van der Waals surface area contributed by atoms with Crippen molar-refractivity contribution in [3.8, 4) is 0 Å². The fourth-order valence-corrected chi connectivity index (χ4v) is 4.21. The van der Waals surface area contributed by atoms with Crippen LogP contribution < -0.4 is 0 Å². The number of nitrogens with zero attached hydrogens (tertiary/aromatic N) is 1. The van der Waals surface area contributed by atoms with Gasteiger partial charge in [0.2, 0.25) is 0 Å². The van der Waals surface area contributed by atoms with E-state index in [1.807, 2.05) is 0 Å². The third-order valence-corrected chi connectivity index (χ3v) is 6.22. The summed E-state index contributed by atoms with van der Waals surface area (Å²) in [6, 6.07) is 11.0. The number of unbranched alkanes of at least 4 members (excludes halogenated alkanes) is 14. The van der Waals surface area contributed by atoms with Crippen molar-refractivity contribution in [2.75, 3.05) is 19.6 Å². The summed E-state index contributed by atoms with van der Waals surface area (Å²) in [6.45, 7) is 8.45. The third-order valence-electron chi connectivity index (χ3n) is 6.22. The minimum absolute atomic E-state index is 1.20. The smallest absolute Gasteiger partial charge is 0.00218 e. The number of hydrogen-bond donors (Lipinski definition) is 0. The molecule has 1 aromatic carbocycles. The second-order valence-electron chi connectivity index (χ2n) is 9.03. The van der Waals surface area contributed by atoms with Gasteiger partial charge < -0.3 is 4.90 Å². The molecule has 0 heterocycles. The standard InChI is InChI=1S/C28H51N/c1-3-5-7-9-11-13-15-20-25-29(27-24-28-22-18-17-19-23-28)26-21-16-14-12-10-8-6-4-2/h17-19,22-23H,3-16,20-21,24-27H2,1-2H3. The molecule has 0 spiro atoms. The van der Waals surface area contributed by atoms with Gasteiger partial charge in [-0.2, -0.15) is 0 Å². The van der Waals surface area contributed by atoms with E-state index in [0.717, 1.165) is 0 Å². The highest BCUT2D eigenvalue weighted by molar-refractivity contribution is 5.14. The van der Waals surface area contributed by atoms with Crippen molar-refractivity contribution in [3.63, 3.8) is 0 Å². The van der Waals surface area contributed by atoms with Crippen LogP contribution in [0.4, 0.5) is 0 Å². The lowest BCUT2D eigenvalue weighted by atomic mass is 10.1. The van der Waals surface area contributed by atoms with Crippen LogP contribution in [-0.2, 0) is 6.42 Å². The molecule has 0 aromatic heterocycles. The third kappa shape index (κ3) is 16.6. The first-order chi connectivity index (χ1) is 14.4. The van der Waals surface area contributed by atoms with E-state index in [0.29, 0.717) is 0 Å². The van der Waals surface area contributed by atoms with E-state index < -0.39 is 0 Å². The minimum Gasteiger partial charge on any atom is -0.303 e. The highest BCUT2D eigenvalue weighted by Crippen LogP contribution is 2.12. The van der Waals surface area contributed by atoms with Gasteiger partial charge >= 0.3 is 0 Å². The Morgan fingerprint density at radius 1 is 0.483 bits per heavy atom. The zero-order valence-corrected chi connectivity index (χ0v) is 20.0. The molecule has 0 saturated carbocycles. The zero-order chi connectivity index (χ0) is 20.8. The largest absolute Gasteiger partial charge is 0.303 e. The van der Waals surface area contributed by atoms with E-state index in [9.17, 15) is 0 Å². The first-order valence-corrected chi connectivity index (χ1v) is 13.1. The van der Waals surface area contributed by atoms with Gasteiger partial charge in [-0.25, -0.2) is 0 Å². The summed E-state index contributed by atoms with van der Waals surface area (Å²) in [7, 11) is 0. The lowest BCUT2D eigenvalue weighted by Gasteiger charge is -2.22. The summed E-state index contributed by atoms with van der Waals surface area (Å²) in [4.78, 5) is 2.75. The molecule has 0 amide bonds. The van der Waals surface area contributed by atoms with Gasteiger partial charge in [-0.1, -0.05) is 134 Å². The SMILES string of the molecule is CCCCCCCCCCN(CCCCCCCCCC)CCc1ccccc1. The van der Waals surface area contributed by atoms with E-state index in [1.54, 1.807) is 0 Å². The Labute approximate surface area is 183 Å². The molecule has 168 valence electrons. The molecule has 0 unspecified atom stereocenters. The molecule has 1 rings (SSSR count). The van der Waals surface area contributed by atoms with Gasteiger partial charge in [-0.3, -0.25) is 0 Å². The van der Waals surface area contributed by atoms with Gasteiger partial charge in [-0.15, -0.1) is 0 Å². The van der Waals surface area contributed by atoms with Crippen molar-refractivity contribution < 1.29 is 0 Å². The molecule has 1 heteroatoms. The molecule has 0 saturated heterocycles. The summed E-state index contributed by atoms with van der Waals surface area (Å²) in [5, 5.41) is 0. The van der Waals surface area contributed by atoms with Gasteiger partial charge in [0.05, 0.1) is 0 Å². The fraction of sp³-hybridized carbons (Fsp3) is 0.786. The Morgan fingerprint density at radius 2 is 0.897 bits per heavy atom. The molecule has 0 N–H and O–H groups in total. The average Bonchev–Trinajstić information content (AvgIpc) is 2.75. The first kappa shape index (κ1) is 26.2. The molecule has 0 atom stereocenters. The molecule has 0 bridgehead atoms. The predicted octanol–water partition coefficient (Wildman–Crippen LogP) is 8.81. The van der Waals surface area contributed by atoms with Crippen molar-refractivity contribution >= 4 is 0 Å². The summed E-state index contributed by atoms with van der Waals surface area (Å²) in [6.07, 6.45) is 23.9. The lowest BCUT2D eigenvalue weighted by Crippen LogP contribution is -2.28. The Morgan fingerprint density at radius 3 is 1.34 bits per heavy atom. The molecule has 29 heavy (non-hydrogen) atoms. The zero-order valence-electron chi connectivity index (χ0n) is 20.0. The first-order valence-electron chi connectivity index (χ1n) is 13.1. The summed E-state index contributed by atoms with van der Waals surface area (Å²) in [5.41, 5.74) is 1.49. The van der Waals surface area contributed by atoms with E-state index >= 15 is 0 Å². The Hall–Kier alpha value is -0.820. The second-order valence-corrected chi connectivity index (χ2v) is 9.03. The molecule has 0 fully saturated rings. The van der Waals surface area contributed by atoms with Crippen molar-refractivity contribution in [2.24, 2.45) is 0 Å². The molecular weight excluding hydrogens is 350 g/mol. The normalized spacial score (nSPS) is 11.4. The second kappa shape index (κ2) is 20.5. The van der Waals surface area contributed by atoms with E-state index in [2.05, 4.69) is 49.1 Å². The fourth-order valence-electron chi connectivity index (χ4n) is 4.21. The van der Waals surface area contributed by atoms with Crippen molar-refractivity contribution in [2.45, 2.75) is 123 Å². The summed E-state index contributed by atoms with van der Waals surface area (Å²) >= 11 is 0. The quantitative estimate of drug-likeness (QED) is 0.186. The maximum atomic E-state index is 2.75. The van der Waals surface area contributed by atoms with Crippen LogP contribution in [0.5, 0.6) is 0 Å². The summed E-state index contributed by atoms with van der Waals surface area (Å²) < 4.78 is 0. The van der Waals surface area contributed by atoms with Crippen LogP contribution in [0.25, 0.3) is 0 Å². The minimum atomic E-state index is 1.20. The Bertz CT molecular complexity index is 407. The van der Waals surface area contributed by atoms with Gasteiger partial charge in [0, 0.05) is 6.54 Å². The monoisotopic (exact) mass is 401 g/mol. The molecule has 0 aliphatic carbocycles. The molecule has 0 aliphatic heterocycles. The molecule has 1 nitrogen and oxygen atoms in total. The molecule has 1 aromatic rings.